The quantitative estimate of drug-likeness (QED) is 0.694. The van der Waals surface area contributed by atoms with Crippen LogP contribution < -0.4 is 5.32 Å². The van der Waals surface area contributed by atoms with Gasteiger partial charge in [0, 0.05) is 19.0 Å². The molecule has 1 amide bonds. The molecule has 2 rings (SSSR count). The molecule has 5 heteroatoms. The standard InChI is InChI=1S/C12H20N2O3/c1-8(12(16)17)10-6-14(7-10)11(15)5-13-4-9-2-3-9/h8-10,13H,2-7H2,1H3,(H,16,17). The number of hydrogen-bond acceptors (Lipinski definition) is 3. The van der Waals surface area contributed by atoms with E-state index in [-0.39, 0.29) is 17.7 Å². The maximum absolute atomic E-state index is 11.7. The van der Waals surface area contributed by atoms with Crippen LogP contribution in [0.25, 0.3) is 0 Å². The highest BCUT2D eigenvalue weighted by Crippen LogP contribution is 2.27. The second-order valence-corrected chi connectivity index (χ2v) is 5.26. The van der Waals surface area contributed by atoms with Gasteiger partial charge >= 0.3 is 5.97 Å². The molecular formula is C12H20N2O3. The van der Waals surface area contributed by atoms with Gasteiger partial charge in [0.05, 0.1) is 12.5 Å². The van der Waals surface area contributed by atoms with Crippen molar-refractivity contribution in [3.05, 3.63) is 0 Å². The van der Waals surface area contributed by atoms with Gasteiger partial charge in [-0.25, -0.2) is 0 Å². The summed E-state index contributed by atoms with van der Waals surface area (Å²) in [7, 11) is 0. The Hall–Kier alpha value is -1.10. The largest absolute Gasteiger partial charge is 0.481 e. The van der Waals surface area contributed by atoms with Crippen LogP contribution >= 0.6 is 0 Å². The van der Waals surface area contributed by atoms with E-state index >= 15 is 0 Å². The van der Waals surface area contributed by atoms with E-state index in [9.17, 15) is 9.59 Å². The van der Waals surface area contributed by atoms with Crippen molar-refractivity contribution in [1.82, 2.24) is 10.2 Å². The Bertz CT molecular complexity index is 309. The van der Waals surface area contributed by atoms with Gasteiger partial charge in [0.25, 0.3) is 0 Å². The van der Waals surface area contributed by atoms with Gasteiger partial charge in [-0.05, 0) is 25.3 Å². The first-order valence-corrected chi connectivity index (χ1v) is 6.29. The van der Waals surface area contributed by atoms with E-state index in [2.05, 4.69) is 5.32 Å². The van der Waals surface area contributed by atoms with E-state index in [1.165, 1.54) is 12.8 Å². The molecule has 2 fully saturated rings. The molecule has 1 aliphatic heterocycles. The molecule has 2 N–H and O–H groups in total. The number of aliphatic carboxylic acids is 1. The number of likely N-dealkylation sites (tertiary alicyclic amines) is 1. The maximum atomic E-state index is 11.7. The topological polar surface area (TPSA) is 69.6 Å². The van der Waals surface area contributed by atoms with Crippen LogP contribution in [-0.2, 0) is 9.59 Å². The fraction of sp³-hybridized carbons (Fsp3) is 0.833. The number of carboxylic acids is 1. The first kappa shape index (κ1) is 12.4. The first-order valence-electron chi connectivity index (χ1n) is 6.29. The lowest BCUT2D eigenvalue weighted by molar-refractivity contribution is -0.150. The zero-order chi connectivity index (χ0) is 12.4. The van der Waals surface area contributed by atoms with E-state index < -0.39 is 5.97 Å². The Balaban J connectivity index is 1.61. The van der Waals surface area contributed by atoms with Gasteiger partial charge in [0.1, 0.15) is 0 Å². The fourth-order valence-electron chi connectivity index (χ4n) is 2.05. The summed E-state index contributed by atoms with van der Waals surface area (Å²) in [5, 5.41) is 12.0. The maximum Gasteiger partial charge on any atom is 0.306 e. The highest BCUT2D eigenvalue weighted by Gasteiger charge is 2.36. The van der Waals surface area contributed by atoms with Crippen LogP contribution in [-0.4, -0.2) is 48.1 Å². The summed E-state index contributed by atoms with van der Waals surface area (Å²) >= 11 is 0. The number of rotatable bonds is 6. The van der Waals surface area contributed by atoms with Crippen LogP contribution in [0.3, 0.4) is 0 Å². The van der Waals surface area contributed by atoms with Crippen molar-refractivity contribution in [3.8, 4) is 0 Å². The molecule has 17 heavy (non-hydrogen) atoms. The Morgan fingerprint density at radius 3 is 2.59 bits per heavy atom. The average molecular weight is 240 g/mol. The van der Waals surface area contributed by atoms with Crippen molar-refractivity contribution in [1.29, 1.82) is 0 Å². The fourth-order valence-corrected chi connectivity index (χ4v) is 2.05. The highest BCUT2D eigenvalue weighted by molar-refractivity contribution is 5.79. The molecular weight excluding hydrogens is 220 g/mol. The van der Waals surface area contributed by atoms with Crippen molar-refractivity contribution in [2.45, 2.75) is 19.8 Å². The van der Waals surface area contributed by atoms with E-state index in [0.29, 0.717) is 19.6 Å². The molecule has 1 saturated heterocycles. The van der Waals surface area contributed by atoms with E-state index in [0.717, 1.165) is 12.5 Å². The summed E-state index contributed by atoms with van der Waals surface area (Å²) in [4.78, 5) is 24.2. The molecule has 0 aromatic heterocycles. The van der Waals surface area contributed by atoms with Gasteiger partial charge in [-0.1, -0.05) is 6.92 Å². The Morgan fingerprint density at radius 2 is 2.06 bits per heavy atom. The van der Waals surface area contributed by atoms with Gasteiger partial charge in [-0.15, -0.1) is 0 Å². The predicted octanol–water partition coefficient (Wildman–Crippen LogP) is 0.165. The van der Waals surface area contributed by atoms with Crippen molar-refractivity contribution in [2.24, 2.45) is 17.8 Å². The normalized spacial score (nSPS) is 22.1. The molecule has 2 aliphatic rings. The lowest BCUT2D eigenvalue weighted by Gasteiger charge is -2.41. The summed E-state index contributed by atoms with van der Waals surface area (Å²) in [6.07, 6.45) is 2.56. The Morgan fingerprint density at radius 1 is 1.41 bits per heavy atom. The second-order valence-electron chi connectivity index (χ2n) is 5.26. The molecule has 1 heterocycles. The summed E-state index contributed by atoms with van der Waals surface area (Å²) in [6, 6.07) is 0. The monoisotopic (exact) mass is 240 g/mol. The van der Waals surface area contributed by atoms with Crippen LogP contribution in [0.2, 0.25) is 0 Å². The van der Waals surface area contributed by atoms with Crippen molar-refractivity contribution in [2.75, 3.05) is 26.2 Å². The summed E-state index contributed by atoms with van der Waals surface area (Å²) in [5.41, 5.74) is 0. The molecule has 0 aromatic carbocycles. The van der Waals surface area contributed by atoms with E-state index in [1.54, 1.807) is 11.8 Å². The molecule has 1 aliphatic carbocycles. The first-order chi connectivity index (χ1) is 8.08. The number of amides is 1. The minimum atomic E-state index is -0.769. The Labute approximate surface area is 101 Å². The molecule has 0 radical (unpaired) electrons. The molecule has 1 unspecified atom stereocenters. The van der Waals surface area contributed by atoms with Crippen LogP contribution in [0.5, 0.6) is 0 Å². The van der Waals surface area contributed by atoms with Gasteiger partial charge in [0.15, 0.2) is 0 Å². The number of carbonyl (C=O) groups excluding carboxylic acids is 1. The third-order valence-corrected chi connectivity index (χ3v) is 3.77. The van der Waals surface area contributed by atoms with Crippen molar-refractivity contribution in [3.63, 3.8) is 0 Å². The average Bonchev–Trinajstić information content (AvgIpc) is 2.99. The zero-order valence-electron chi connectivity index (χ0n) is 10.2. The van der Waals surface area contributed by atoms with Crippen LogP contribution in [0, 0.1) is 17.8 Å². The number of nitrogens with zero attached hydrogens (tertiary/aromatic N) is 1. The lowest BCUT2D eigenvalue weighted by Crippen LogP contribution is -2.55. The molecule has 1 atom stereocenters. The summed E-state index contributed by atoms with van der Waals surface area (Å²) in [6.45, 7) is 4.23. The minimum absolute atomic E-state index is 0.0967. The van der Waals surface area contributed by atoms with Crippen LogP contribution in [0.4, 0.5) is 0 Å². The number of hydrogen-bond donors (Lipinski definition) is 2. The second kappa shape index (κ2) is 5.04. The van der Waals surface area contributed by atoms with Gasteiger partial charge < -0.3 is 15.3 Å². The molecule has 96 valence electrons. The van der Waals surface area contributed by atoms with Gasteiger partial charge in [0.2, 0.25) is 5.91 Å². The molecule has 1 saturated carbocycles. The predicted molar refractivity (Wildman–Crippen MR) is 62.5 cm³/mol. The molecule has 0 spiro atoms. The smallest absolute Gasteiger partial charge is 0.306 e. The third kappa shape index (κ3) is 3.19. The summed E-state index contributed by atoms with van der Waals surface area (Å²) < 4.78 is 0. The highest BCUT2D eigenvalue weighted by atomic mass is 16.4. The summed E-state index contributed by atoms with van der Waals surface area (Å²) in [5.74, 6) is -0.120. The molecule has 0 bridgehead atoms. The lowest BCUT2D eigenvalue weighted by atomic mass is 9.87. The van der Waals surface area contributed by atoms with Crippen LogP contribution in [0.15, 0.2) is 0 Å². The Kier molecular flexibility index (Phi) is 3.66. The van der Waals surface area contributed by atoms with Gasteiger partial charge in [-0.3, -0.25) is 9.59 Å². The molecule has 5 nitrogen and oxygen atoms in total. The number of nitrogens with one attached hydrogen (secondary N) is 1. The number of carbonyl (C=O) groups is 2. The zero-order valence-corrected chi connectivity index (χ0v) is 10.2. The third-order valence-electron chi connectivity index (χ3n) is 3.77. The SMILES string of the molecule is CC(C(=O)O)C1CN(C(=O)CNCC2CC2)C1. The van der Waals surface area contributed by atoms with E-state index in [4.69, 9.17) is 5.11 Å². The van der Waals surface area contributed by atoms with Gasteiger partial charge in [-0.2, -0.15) is 0 Å². The number of carboxylic acid groups (broad SMARTS) is 1. The van der Waals surface area contributed by atoms with E-state index in [1.807, 2.05) is 0 Å². The van der Waals surface area contributed by atoms with Crippen molar-refractivity contribution >= 4 is 11.9 Å². The van der Waals surface area contributed by atoms with Crippen molar-refractivity contribution < 1.29 is 14.7 Å². The molecule has 0 aromatic rings. The van der Waals surface area contributed by atoms with Crippen LogP contribution in [0.1, 0.15) is 19.8 Å². The minimum Gasteiger partial charge on any atom is -0.481 e.